The van der Waals surface area contributed by atoms with E-state index in [0.29, 0.717) is 5.39 Å². The minimum atomic E-state index is -4.56. The molecule has 21 heavy (non-hydrogen) atoms. The van der Waals surface area contributed by atoms with Gasteiger partial charge in [-0.25, -0.2) is 14.8 Å². The van der Waals surface area contributed by atoms with E-state index in [9.17, 15) is 18.0 Å². The van der Waals surface area contributed by atoms with Gasteiger partial charge in [0.15, 0.2) is 5.65 Å². The molecule has 0 aromatic carbocycles. The molecule has 112 valence electrons. The van der Waals surface area contributed by atoms with Gasteiger partial charge in [-0.1, -0.05) is 0 Å². The first-order chi connectivity index (χ1) is 9.86. The highest BCUT2D eigenvalue weighted by Crippen LogP contribution is 2.29. The molecule has 2 aromatic rings. The van der Waals surface area contributed by atoms with Crippen LogP contribution in [0.15, 0.2) is 18.2 Å². The van der Waals surface area contributed by atoms with Gasteiger partial charge in [0, 0.05) is 12.5 Å². The second-order valence-electron chi connectivity index (χ2n) is 4.15. The number of nitrogens with zero attached hydrogens (tertiary/aromatic N) is 2. The van der Waals surface area contributed by atoms with Crippen LogP contribution in [0.3, 0.4) is 0 Å². The summed E-state index contributed by atoms with van der Waals surface area (Å²) in [6, 6.07) is 3.43. The summed E-state index contributed by atoms with van der Waals surface area (Å²) in [5.41, 5.74) is -0.849. The number of aromatic nitrogens is 2. The second kappa shape index (κ2) is 5.65. The van der Waals surface area contributed by atoms with Crippen LogP contribution in [-0.2, 0) is 22.3 Å². The molecular formula is C13H11F3N2O3. The van der Waals surface area contributed by atoms with Gasteiger partial charge >= 0.3 is 12.1 Å². The number of ether oxygens (including phenoxy) is 2. The number of methoxy groups -OCH3 is 2. The quantitative estimate of drug-likeness (QED) is 0.815. The Morgan fingerprint density at radius 1 is 1.24 bits per heavy atom. The van der Waals surface area contributed by atoms with Gasteiger partial charge in [-0.15, -0.1) is 0 Å². The van der Waals surface area contributed by atoms with Crippen LogP contribution >= 0.6 is 0 Å². The molecule has 0 aliphatic carbocycles. The molecule has 0 aliphatic heterocycles. The van der Waals surface area contributed by atoms with Crippen LogP contribution in [0.2, 0.25) is 0 Å². The fraction of sp³-hybridized carbons (Fsp3) is 0.308. The van der Waals surface area contributed by atoms with Gasteiger partial charge in [0.1, 0.15) is 5.69 Å². The normalized spacial score (nSPS) is 11.7. The summed E-state index contributed by atoms with van der Waals surface area (Å²) in [4.78, 5) is 19.1. The summed E-state index contributed by atoms with van der Waals surface area (Å²) in [7, 11) is 2.58. The SMILES string of the molecule is COCc1nc2nc(C(F)(F)F)ccc2cc1C(=O)OC. The van der Waals surface area contributed by atoms with Gasteiger partial charge in [-0.3, -0.25) is 0 Å². The second-order valence-corrected chi connectivity index (χ2v) is 4.15. The lowest BCUT2D eigenvalue weighted by Crippen LogP contribution is -2.11. The van der Waals surface area contributed by atoms with Crippen LogP contribution in [0.1, 0.15) is 21.7 Å². The Balaban J connectivity index is 2.63. The third kappa shape index (κ3) is 3.10. The molecule has 0 fully saturated rings. The summed E-state index contributed by atoms with van der Waals surface area (Å²) < 4.78 is 47.4. The van der Waals surface area contributed by atoms with Crippen molar-refractivity contribution in [2.75, 3.05) is 14.2 Å². The standard InChI is InChI=1S/C13H11F3N2O3/c1-20-6-9-8(12(19)21-2)5-7-3-4-10(13(14,15)16)18-11(7)17-9/h3-5H,6H2,1-2H3. The largest absolute Gasteiger partial charge is 0.465 e. The lowest BCUT2D eigenvalue weighted by molar-refractivity contribution is -0.141. The van der Waals surface area contributed by atoms with Gasteiger partial charge in [0.25, 0.3) is 0 Å². The Kier molecular flexibility index (Phi) is 4.08. The fourth-order valence-electron chi connectivity index (χ4n) is 1.78. The molecule has 0 saturated heterocycles. The molecule has 0 atom stereocenters. The van der Waals surface area contributed by atoms with Crippen molar-refractivity contribution >= 4 is 17.0 Å². The van der Waals surface area contributed by atoms with E-state index < -0.39 is 17.8 Å². The van der Waals surface area contributed by atoms with Crippen LogP contribution < -0.4 is 0 Å². The fourth-order valence-corrected chi connectivity index (χ4v) is 1.78. The van der Waals surface area contributed by atoms with Crippen molar-refractivity contribution in [3.8, 4) is 0 Å². The number of carbonyl (C=O) groups excluding carboxylic acids is 1. The van der Waals surface area contributed by atoms with Crippen molar-refractivity contribution in [2.24, 2.45) is 0 Å². The zero-order valence-electron chi connectivity index (χ0n) is 11.2. The summed E-state index contributed by atoms with van der Waals surface area (Å²) >= 11 is 0. The van der Waals surface area contributed by atoms with E-state index in [1.807, 2.05) is 0 Å². The average Bonchev–Trinajstić information content (AvgIpc) is 2.44. The van der Waals surface area contributed by atoms with Crippen molar-refractivity contribution in [1.82, 2.24) is 9.97 Å². The maximum absolute atomic E-state index is 12.6. The molecule has 0 amide bonds. The topological polar surface area (TPSA) is 61.3 Å². The monoisotopic (exact) mass is 300 g/mol. The lowest BCUT2D eigenvalue weighted by Gasteiger charge is -2.10. The number of hydrogen-bond donors (Lipinski definition) is 0. The Bertz CT molecular complexity index is 686. The zero-order chi connectivity index (χ0) is 15.6. The number of hydrogen-bond acceptors (Lipinski definition) is 5. The first-order valence-corrected chi connectivity index (χ1v) is 5.82. The Morgan fingerprint density at radius 3 is 2.52 bits per heavy atom. The highest BCUT2D eigenvalue weighted by molar-refractivity contribution is 5.94. The predicted molar refractivity (Wildman–Crippen MR) is 66.6 cm³/mol. The molecule has 5 nitrogen and oxygen atoms in total. The number of carbonyl (C=O) groups is 1. The van der Waals surface area contributed by atoms with E-state index in [2.05, 4.69) is 14.7 Å². The van der Waals surface area contributed by atoms with Crippen LogP contribution in [0.5, 0.6) is 0 Å². The van der Waals surface area contributed by atoms with Gasteiger partial charge in [0.05, 0.1) is 25.0 Å². The van der Waals surface area contributed by atoms with Crippen molar-refractivity contribution in [3.05, 3.63) is 35.2 Å². The zero-order valence-corrected chi connectivity index (χ0v) is 11.2. The van der Waals surface area contributed by atoms with Crippen molar-refractivity contribution < 1.29 is 27.4 Å². The maximum atomic E-state index is 12.6. The Labute approximate surface area is 117 Å². The third-order valence-corrected chi connectivity index (χ3v) is 2.73. The van der Waals surface area contributed by atoms with Gasteiger partial charge in [-0.2, -0.15) is 13.2 Å². The number of rotatable bonds is 3. The maximum Gasteiger partial charge on any atom is 0.433 e. The molecule has 0 radical (unpaired) electrons. The Morgan fingerprint density at radius 2 is 1.95 bits per heavy atom. The van der Waals surface area contributed by atoms with Crippen LogP contribution in [-0.4, -0.2) is 30.2 Å². The lowest BCUT2D eigenvalue weighted by atomic mass is 10.1. The minimum absolute atomic E-state index is 0.0434. The molecule has 0 unspecified atom stereocenters. The summed E-state index contributed by atoms with van der Waals surface area (Å²) in [6.45, 7) is -0.0434. The highest BCUT2D eigenvalue weighted by atomic mass is 19.4. The number of fused-ring (bicyclic) bond motifs is 1. The molecule has 8 heteroatoms. The molecule has 0 spiro atoms. The number of alkyl halides is 3. The van der Waals surface area contributed by atoms with Gasteiger partial charge in [0.2, 0.25) is 0 Å². The summed E-state index contributed by atoms with van der Waals surface area (Å²) in [6.07, 6.45) is -4.56. The number of esters is 1. The van der Waals surface area contributed by atoms with E-state index in [-0.39, 0.29) is 23.5 Å². The molecule has 0 bridgehead atoms. The molecule has 0 N–H and O–H groups in total. The first-order valence-electron chi connectivity index (χ1n) is 5.82. The van der Waals surface area contributed by atoms with Crippen molar-refractivity contribution in [1.29, 1.82) is 0 Å². The highest BCUT2D eigenvalue weighted by Gasteiger charge is 2.32. The molecule has 0 saturated carbocycles. The van der Waals surface area contributed by atoms with Crippen molar-refractivity contribution in [3.63, 3.8) is 0 Å². The predicted octanol–water partition coefficient (Wildman–Crippen LogP) is 2.58. The molecular weight excluding hydrogens is 289 g/mol. The first kappa shape index (κ1) is 15.2. The van der Waals surface area contributed by atoms with E-state index >= 15 is 0 Å². The average molecular weight is 300 g/mol. The van der Waals surface area contributed by atoms with E-state index in [0.717, 1.165) is 6.07 Å². The number of pyridine rings is 2. The third-order valence-electron chi connectivity index (χ3n) is 2.73. The molecule has 2 heterocycles. The van der Waals surface area contributed by atoms with Crippen LogP contribution in [0, 0.1) is 0 Å². The van der Waals surface area contributed by atoms with Crippen LogP contribution in [0.4, 0.5) is 13.2 Å². The van der Waals surface area contributed by atoms with E-state index in [4.69, 9.17) is 4.74 Å². The Hall–Kier alpha value is -2.22. The smallest absolute Gasteiger partial charge is 0.433 e. The molecule has 2 aromatic heterocycles. The summed E-state index contributed by atoms with van der Waals surface area (Å²) in [5.74, 6) is -0.642. The molecule has 0 aliphatic rings. The van der Waals surface area contributed by atoms with E-state index in [1.165, 1.54) is 26.4 Å². The van der Waals surface area contributed by atoms with Gasteiger partial charge < -0.3 is 9.47 Å². The molecule has 2 rings (SSSR count). The van der Waals surface area contributed by atoms with E-state index in [1.54, 1.807) is 0 Å². The van der Waals surface area contributed by atoms with Crippen molar-refractivity contribution in [2.45, 2.75) is 12.8 Å². The number of halogens is 3. The van der Waals surface area contributed by atoms with Gasteiger partial charge in [-0.05, 0) is 18.2 Å². The minimum Gasteiger partial charge on any atom is -0.465 e. The summed E-state index contributed by atoms with van der Waals surface area (Å²) in [5, 5.41) is 0.309. The van der Waals surface area contributed by atoms with Crippen LogP contribution in [0.25, 0.3) is 11.0 Å².